The van der Waals surface area contributed by atoms with Gasteiger partial charge in [-0.3, -0.25) is 9.69 Å². The Morgan fingerprint density at radius 1 is 1.30 bits per heavy atom. The molecule has 1 atom stereocenters. The molecule has 1 aliphatic heterocycles. The van der Waals surface area contributed by atoms with Crippen LogP contribution in [-0.2, 0) is 10.9 Å². The largest absolute Gasteiger partial charge is 0.497 e. The molecule has 0 spiro atoms. The number of hydrogen-bond acceptors (Lipinski definition) is 5. The summed E-state index contributed by atoms with van der Waals surface area (Å²) in [6, 6.07) is 9.82. The Kier molecular flexibility index (Phi) is 5.66. The Morgan fingerprint density at radius 2 is 2.13 bits per heavy atom. The molecule has 9 heteroatoms. The molecule has 1 saturated heterocycles. The smallest absolute Gasteiger partial charge is 0.416 e. The van der Waals surface area contributed by atoms with Crippen LogP contribution in [0.2, 0.25) is 0 Å². The van der Waals surface area contributed by atoms with Crippen molar-refractivity contribution in [1.29, 1.82) is 0 Å². The molecule has 30 heavy (non-hydrogen) atoms. The van der Waals surface area contributed by atoms with E-state index in [0.717, 1.165) is 29.7 Å². The summed E-state index contributed by atoms with van der Waals surface area (Å²) in [6.45, 7) is 0.833. The van der Waals surface area contributed by atoms with Crippen molar-refractivity contribution in [3.63, 3.8) is 0 Å². The highest BCUT2D eigenvalue weighted by Gasteiger charge is 2.32. The molecule has 2 heterocycles. The first kappa shape index (κ1) is 20.6. The molecule has 0 aliphatic carbocycles. The second kappa shape index (κ2) is 8.23. The number of alkyl halides is 3. The number of amides is 1. The van der Waals surface area contributed by atoms with Gasteiger partial charge in [0, 0.05) is 12.2 Å². The number of thiazole rings is 1. The fourth-order valence-electron chi connectivity index (χ4n) is 3.36. The van der Waals surface area contributed by atoms with Gasteiger partial charge >= 0.3 is 6.18 Å². The first-order chi connectivity index (χ1) is 14.3. The Labute approximate surface area is 175 Å². The lowest BCUT2D eigenvalue weighted by Gasteiger charge is -2.23. The van der Waals surface area contributed by atoms with Crippen molar-refractivity contribution in [2.75, 3.05) is 25.2 Å². The Morgan fingerprint density at radius 3 is 2.83 bits per heavy atom. The zero-order valence-electron chi connectivity index (χ0n) is 16.1. The van der Waals surface area contributed by atoms with Gasteiger partial charge in [-0.15, -0.1) is 0 Å². The second-order valence-corrected chi connectivity index (χ2v) is 7.97. The van der Waals surface area contributed by atoms with Gasteiger partial charge in [-0.25, -0.2) is 4.98 Å². The molecule has 0 bridgehead atoms. The van der Waals surface area contributed by atoms with E-state index in [1.165, 1.54) is 28.4 Å². The fraction of sp³-hybridized carbons (Fsp3) is 0.333. The van der Waals surface area contributed by atoms with Gasteiger partial charge in [-0.1, -0.05) is 17.4 Å². The zero-order valence-corrected chi connectivity index (χ0v) is 16.9. The molecule has 1 aromatic heterocycles. The number of fused-ring (bicyclic) bond motifs is 1. The van der Waals surface area contributed by atoms with Gasteiger partial charge in [-0.2, -0.15) is 13.2 Å². The number of rotatable bonds is 5. The number of carbonyl (C=O) groups is 1. The lowest BCUT2D eigenvalue weighted by molar-refractivity contribution is -0.137. The molecular formula is C21H19F3N2O3S. The molecule has 3 aromatic rings. The highest BCUT2D eigenvalue weighted by atomic mass is 32.1. The number of benzene rings is 2. The Balaban J connectivity index is 1.72. The fourth-order valence-corrected chi connectivity index (χ4v) is 4.36. The van der Waals surface area contributed by atoms with Crippen LogP contribution >= 0.6 is 11.3 Å². The second-order valence-electron chi connectivity index (χ2n) is 6.96. The minimum absolute atomic E-state index is 0.0420. The van der Waals surface area contributed by atoms with Gasteiger partial charge in [0.25, 0.3) is 5.91 Å². The van der Waals surface area contributed by atoms with Gasteiger partial charge in [0.1, 0.15) is 5.75 Å². The van der Waals surface area contributed by atoms with E-state index < -0.39 is 17.6 Å². The van der Waals surface area contributed by atoms with Gasteiger partial charge < -0.3 is 9.47 Å². The number of aromatic nitrogens is 1. The Bertz CT molecular complexity index is 1060. The number of methoxy groups -OCH3 is 1. The summed E-state index contributed by atoms with van der Waals surface area (Å²) in [4.78, 5) is 19.2. The van der Waals surface area contributed by atoms with E-state index in [9.17, 15) is 18.0 Å². The van der Waals surface area contributed by atoms with E-state index in [0.29, 0.717) is 23.0 Å². The highest BCUT2D eigenvalue weighted by molar-refractivity contribution is 7.22. The number of ether oxygens (including phenoxy) is 2. The predicted octanol–water partition coefficient (Wildman–Crippen LogP) is 5.15. The average molecular weight is 436 g/mol. The van der Waals surface area contributed by atoms with Gasteiger partial charge in [-0.05, 0) is 49.2 Å². The molecular weight excluding hydrogens is 417 g/mol. The number of hydrogen-bond donors (Lipinski definition) is 0. The molecule has 1 amide bonds. The van der Waals surface area contributed by atoms with Crippen LogP contribution in [0.15, 0.2) is 42.5 Å². The van der Waals surface area contributed by atoms with Crippen molar-refractivity contribution in [1.82, 2.24) is 4.98 Å². The van der Waals surface area contributed by atoms with Crippen molar-refractivity contribution in [3.8, 4) is 5.75 Å². The summed E-state index contributed by atoms with van der Waals surface area (Å²) < 4.78 is 51.1. The topological polar surface area (TPSA) is 51.7 Å². The van der Waals surface area contributed by atoms with Gasteiger partial charge in [0.15, 0.2) is 5.13 Å². The summed E-state index contributed by atoms with van der Waals surface area (Å²) in [5.41, 5.74) is -0.218. The summed E-state index contributed by atoms with van der Waals surface area (Å²) in [5, 5.41) is 0.413. The summed E-state index contributed by atoms with van der Waals surface area (Å²) in [5.74, 6) is 0.121. The number of halogens is 3. The van der Waals surface area contributed by atoms with E-state index in [1.54, 1.807) is 19.2 Å². The SMILES string of the molecule is COc1ccc2nc(N(CC3CCCO3)C(=O)c3cccc(C(F)(F)F)c3)sc2c1. The van der Waals surface area contributed by atoms with Crippen molar-refractivity contribution in [2.45, 2.75) is 25.1 Å². The minimum Gasteiger partial charge on any atom is -0.497 e. The van der Waals surface area contributed by atoms with Crippen LogP contribution in [0.4, 0.5) is 18.3 Å². The molecule has 0 radical (unpaired) electrons. The maximum absolute atomic E-state index is 13.3. The number of carbonyl (C=O) groups excluding carboxylic acids is 1. The number of nitrogens with zero attached hydrogens (tertiary/aromatic N) is 2. The van der Waals surface area contributed by atoms with Crippen LogP contribution in [0.1, 0.15) is 28.8 Å². The molecule has 0 N–H and O–H groups in total. The lowest BCUT2D eigenvalue weighted by Crippen LogP contribution is -2.37. The summed E-state index contributed by atoms with van der Waals surface area (Å²) in [6.07, 6.45) is -3.04. The van der Waals surface area contributed by atoms with Crippen LogP contribution in [0.25, 0.3) is 10.2 Å². The maximum atomic E-state index is 13.3. The maximum Gasteiger partial charge on any atom is 0.416 e. The van der Waals surface area contributed by atoms with Crippen LogP contribution in [0.5, 0.6) is 5.75 Å². The molecule has 2 aromatic carbocycles. The van der Waals surface area contributed by atoms with Crippen molar-refractivity contribution in [3.05, 3.63) is 53.6 Å². The van der Waals surface area contributed by atoms with E-state index in [2.05, 4.69) is 4.98 Å². The van der Waals surface area contributed by atoms with E-state index >= 15 is 0 Å². The summed E-state index contributed by atoms with van der Waals surface area (Å²) in [7, 11) is 1.56. The predicted molar refractivity (Wildman–Crippen MR) is 108 cm³/mol. The first-order valence-corrected chi connectivity index (χ1v) is 10.2. The van der Waals surface area contributed by atoms with Crippen molar-refractivity contribution in [2.24, 2.45) is 0 Å². The Hall–Kier alpha value is -2.65. The quantitative estimate of drug-likeness (QED) is 0.555. The zero-order chi connectivity index (χ0) is 21.3. The van der Waals surface area contributed by atoms with Crippen LogP contribution in [0, 0.1) is 0 Å². The minimum atomic E-state index is -4.53. The average Bonchev–Trinajstić information content (AvgIpc) is 3.39. The summed E-state index contributed by atoms with van der Waals surface area (Å²) >= 11 is 1.29. The van der Waals surface area contributed by atoms with Gasteiger partial charge in [0.2, 0.25) is 0 Å². The van der Waals surface area contributed by atoms with Crippen LogP contribution in [-0.4, -0.2) is 37.3 Å². The van der Waals surface area contributed by atoms with E-state index in [4.69, 9.17) is 9.47 Å². The normalized spacial score (nSPS) is 16.7. The van der Waals surface area contributed by atoms with E-state index in [-0.39, 0.29) is 18.2 Å². The van der Waals surface area contributed by atoms with E-state index in [1.807, 2.05) is 6.07 Å². The molecule has 4 rings (SSSR count). The molecule has 1 unspecified atom stereocenters. The third-order valence-electron chi connectivity index (χ3n) is 4.91. The monoisotopic (exact) mass is 436 g/mol. The molecule has 5 nitrogen and oxygen atoms in total. The third-order valence-corrected chi connectivity index (χ3v) is 5.95. The highest BCUT2D eigenvalue weighted by Crippen LogP contribution is 2.34. The van der Waals surface area contributed by atoms with Crippen LogP contribution in [0.3, 0.4) is 0 Å². The third kappa shape index (κ3) is 4.27. The molecule has 1 aliphatic rings. The standard InChI is InChI=1S/C21H19F3N2O3S/c1-28-15-7-8-17-18(11-15)30-20(25-17)26(12-16-6-3-9-29-16)19(27)13-4-2-5-14(10-13)21(22,23)24/h2,4-5,7-8,10-11,16H,3,6,9,12H2,1H3. The van der Waals surface area contributed by atoms with Gasteiger partial charge in [0.05, 0.1) is 35.5 Å². The molecule has 0 saturated carbocycles. The van der Waals surface area contributed by atoms with Crippen LogP contribution < -0.4 is 9.64 Å². The lowest BCUT2D eigenvalue weighted by atomic mass is 10.1. The number of anilines is 1. The molecule has 158 valence electrons. The van der Waals surface area contributed by atoms with Crippen molar-refractivity contribution >= 4 is 32.6 Å². The van der Waals surface area contributed by atoms with Crippen molar-refractivity contribution < 1.29 is 27.4 Å². The molecule has 1 fully saturated rings. The first-order valence-electron chi connectivity index (χ1n) is 9.40.